The number of aliphatic hydroxyl groups excluding tert-OH is 1. The summed E-state index contributed by atoms with van der Waals surface area (Å²) < 4.78 is 10.6. The van der Waals surface area contributed by atoms with E-state index < -0.39 is 12.1 Å². The van der Waals surface area contributed by atoms with Gasteiger partial charge in [-0.1, -0.05) is 11.6 Å². The molecule has 2 aromatic rings. The summed E-state index contributed by atoms with van der Waals surface area (Å²) >= 11 is 11.6. The van der Waals surface area contributed by atoms with Crippen LogP contribution in [0.2, 0.25) is 5.02 Å². The molecule has 0 spiro atoms. The molecule has 3 N–H and O–H groups in total. The summed E-state index contributed by atoms with van der Waals surface area (Å²) in [4.78, 5) is 10.7. The van der Waals surface area contributed by atoms with E-state index in [4.69, 9.17) is 37.5 Å². The minimum atomic E-state index is -1.14. The van der Waals surface area contributed by atoms with Gasteiger partial charge in [-0.2, -0.15) is 0 Å². The highest BCUT2D eigenvalue weighted by Gasteiger charge is 2.10. The first-order valence-corrected chi connectivity index (χ1v) is 7.63. The summed E-state index contributed by atoms with van der Waals surface area (Å²) in [5.74, 6) is -0.325. The maximum absolute atomic E-state index is 10.7. The topological polar surface area (TPSA) is 91.9 Å². The number of hydrogen-bond donors (Lipinski definition) is 3. The van der Waals surface area contributed by atoms with Crippen LogP contribution in [0.25, 0.3) is 0 Å². The molecule has 0 fully saturated rings. The van der Waals surface area contributed by atoms with Crippen LogP contribution in [0, 0.1) is 0 Å². The zero-order valence-electron chi connectivity index (χ0n) is 12.0. The first-order chi connectivity index (χ1) is 11.0. The lowest BCUT2D eigenvalue weighted by atomic mass is 10.3. The van der Waals surface area contributed by atoms with Crippen LogP contribution < -0.4 is 10.1 Å². The van der Waals surface area contributed by atoms with Crippen molar-refractivity contribution in [1.82, 2.24) is 0 Å². The Labute approximate surface area is 142 Å². The molecular formula is C15H15Cl2NO5. The van der Waals surface area contributed by atoms with Gasteiger partial charge in [-0.3, -0.25) is 0 Å². The third-order valence-corrected chi connectivity index (χ3v) is 3.55. The highest BCUT2D eigenvalue weighted by molar-refractivity contribution is 6.32. The van der Waals surface area contributed by atoms with Gasteiger partial charge in [0.05, 0.1) is 17.0 Å². The van der Waals surface area contributed by atoms with Gasteiger partial charge in [0.1, 0.15) is 18.1 Å². The van der Waals surface area contributed by atoms with Crippen molar-refractivity contribution >= 4 is 34.9 Å². The molecule has 1 atom stereocenters. The second-order valence-corrected chi connectivity index (χ2v) is 5.41. The van der Waals surface area contributed by atoms with Crippen molar-refractivity contribution in [3.05, 3.63) is 46.9 Å². The lowest BCUT2D eigenvalue weighted by Gasteiger charge is -2.12. The molecule has 1 unspecified atom stereocenters. The molecule has 23 heavy (non-hydrogen) atoms. The zero-order chi connectivity index (χ0) is 16.8. The van der Waals surface area contributed by atoms with Gasteiger partial charge >= 0.3 is 5.97 Å². The highest BCUT2D eigenvalue weighted by atomic mass is 35.5. The van der Waals surface area contributed by atoms with E-state index in [-0.39, 0.29) is 18.2 Å². The number of anilines is 1. The van der Waals surface area contributed by atoms with Crippen LogP contribution >= 0.6 is 23.2 Å². The Morgan fingerprint density at radius 1 is 1.35 bits per heavy atom. The molecular weight excluding hydrogens is 345 g/mol. The Kier molecular flexibility index (Phi) is 6.15. The predicted molar refractivity (Wildman–Crippen MR) is 86.7 cm³/mol. The molecule has 0 saturated carbocycles. The smallest absolute Gasteiger partial charge is 0.371 e. The quantitative estimate of drug-likeness (QED) is 0.626. The van der Waals surface area contributed by atoms with Crippen LogP contribution in [0.4, 0.5) is 5.69 Å². The number of aliphatic hydroxyl groups is 1. The number of hydrogen-bond acceptors (Lipinski definition) is 5. The maximum atomic E-state index is 10.7. The Morgan fingerprint density at radius 3 is 2.74 bits per heavy atom. The fourth-order valence-electron chi connectivity index (χ4n) is 1.74. The van der Waals surface area contributed by atoms with E-state index in [9.17, 15) is 9.90 Å². The van der Waals surface area contributed by atoms with Crippen LogP contribution in [0.1, 0.15) is 16.3 Å². The first-order valence-electron chi connectivity index (χ1n) is 6.72. The number of benzene rings is 1. The summed E-state index contributed by atoms with van der Waals surface area (Å²) in [5.41, 5.74) is 0.720. The average Bonchev–Trinajstić information content (AvgIpc) is 3.01. The lowest BCUT2D eigenvalue weighted by molar-refractivity contribution is 0.0658. The number of aromatic carboxylic acids is 1. The van der Waals surface area contributed by atoms with Gasteiger partial charge in [-0.25, -0.2) is 4.79 Å². The van der Waals surface area contributed by atoms with Crippen molar-refractivity contribution in [3.8, 4) is 5.75 Å². The average molecular weight is 360 g/mol. The van der Waals surface area contributed by atoms with Crippen molar-refractivity contribution in [1.29, 1.82) is 0 Å². The number of rotatable bonds is 8. The molecule has 0 radical (unpaired) electrons. The second-order valence-electron chi connectivity index (χ2n) is 4.69. The van der Waals surface area contributed by atoms with Crippen LogP contribution in [0.5, 0.6) is 5.75 Å². The van der Waals surface area contributed by atoms with Crippen LogP contribution in [0.3, 0.4) is 0 Å². The summed E-state index contributed by atoms with van der Waals surface area (Å²) in [7, 11) is 0. The standard InChI is InChI=1S/C15H15Cl2NO5/c16-6-10(19)7-18-9-1-3-13(12(17)5-9)22-8-11-2-4-14(23-11)15(20)21/h1-5,10,18-19H,6-8H2,(H,20,21). The molecule has 0 amide bonds. The van der Waals surface area contributed by atoms with Gasteiger partial charge in [0, 0.05) is 12.2 Å². The fraction of sp³-hybridized carbons (Fsp3) is 0.267. The zero-order valence-corrected chi connectivity index (χ0v) is 13.5. The fourth-order valence-corrected chi connectivity index (χ4v) is 2.08. The summed E-state index contributed by atoms with van der Waals surface area (Å²) in [5, 5.41) is 21.5. The Morgan fingerprint density at radius 2 is 2.13 bits per heavy atom. The second kappa shape index (κ2) is 8.10. The van der Waals surface area contributed by atoms with Crippen molar-refractivity contribution in [2.45, 2.75) is 12.7 Å². The SMILES string of the molecule is O=C(O)c1ccc(COc2ccc(NCC(O)CCl)cc2Cl)o1. The number of carboxylic acid groups (broad SMARTS) is 1. The van der Waals surface area contributed by atoms with E-state index in [2.05, 4.69) is 5.32 Å². The first kappa shape index (κ1) is 17.5. The van der Waals surface area contributed by atoms with Gasteiger partial charge in [0.2, 0.25) is 5.76 Å². The molecule has 0 bridgehead atoms. The molecule has 6 nitrogen and oxygen atoms in total. The largest absolute Gasteiger partial charge is 0.484 e. The number of halogens is 2. The molecule has 0 saturated heterocycles. The minimum Gasteiger partial charge on any atom is -0.484 e. The number of carbonyl (C=O) groups is 1. The molecule has 1 heterocycles. The van der Waals surface area contributed by atoms with E-state index in [0.29, 0.717) is 23.1 Å². The van der Waals surface area contributed by atoms with Gasteiger partial charge in [0.15, 0.2) is 0 Å². The molecule has 0 aliphatic heterocycles. The van der Waals surface area contributed by atoms with Gasteiger partial charge in [-0.05, 0) is 30.3 Å². The number of ether oxygens (including phenoxy) is 1. The Bertz CT molecular complexity index is 674. The predicted octanol–water partition coefficient (Wildman–Crippen LogP) is 3.22. The van der Waals surface area contributed by atoms with Crippen LogP contribution in [0.15, 0.2) is 34.7 Å². The third kappa shape index (κ3) is 5.06. The number of nitrogens with one attached hydrogen (secondary N) is 1. The number of furan rings is 1. The molecule has 0 aliphatic carbocycles. The lowest BCUT2D eigenvalue weighted by Crippen LogP contribution is -2.20. The minimum absolute atomic E-state index is 0.0603. The highest BCUT2D eigenvalue weighted by Crippen LogP contribution is 2.28. The van der Waals surface area contributed by atoms with E-state index in [0.717, 1.165) is 5.69 Å². The monoisotopic (exact) mass is 359 g/mol. The summed E-state index contributed by atoms with van der Waals surface area (Å²) in [6.45, 7) is 0.370. The van der Waals surface area contributed by atoms with Gasteiger partial charge in [-0.15, -0.1) is 11.6 Å². The maximum Gasteiger partial charge on any atom is 0.371 e. The summed E-state index contributed by atoms with van der Waals surface area (Å²) in [6.07, 6.45) is -0.645. The number of carboxylic acids is 1. The number of alkyl halides is 1. The summed E-state index contributed by atoms with van der Waals surface area (Å²) in [6, 6.07) is 7.95. The van der Waals surface area contributed by atoms with Gasteiger partial charge in [0.25, 0.3) is 0 Å². The van der Waals surface area contributed by atoms with Crippen LogP contribution in [-0.2, 0) is 6.61 Å². The van der Waals surface area contributed by atoms with Crippen molar-refractivity contribution in [2.75, 3.05) is 17.7 Å². The molecule has 0 aliphatic rings. The van der Waals surface area contributed by atoms with Gasteiger partial charge < -0.3 is 24.7 Å². The molecule has 8 heteroatoms. The van der Waals surface area contributed by atoms with Crippen molar-refractivity contribution in [2.24, 2.45) is 0 Å². The van der Waals surface area contributed by atoms with Crippen LogP contribution in [-0.4, -0.2) is 34.7 Å². The van der Waals surface area contributed by atoms with E-state index in [1.54, 1.807) is 18.2 Å². The molecule has 2 rings (SSSR count). The molecule has 1 aromatic heterocycles. The van der Waals surface area contributed by atoms with E-state index >= 15 is 0 Å². The normalized spacial score (nSPS) is 12.0. The Hall–Kier alpha value is -1.89. The van der Waals surface area contributed by atoms with E-state index in [1.165, 1.54) is 12.1 Å². The molecule has 1 aromatic carbocycles. The Balaban J connectivity index is 1.93. The molecule has 124 valence electrons. The third-order valence-electron chi connectivity index (χ3n) is 2.89. The van der Waals surface area contributed by atoms with Crippen molar-refractivity contribution in [3.63, 3.8) is 0 Å². The van der Waals surface area contributed by atoms with Crippen molar-refractivity contribution < 1.29 is 24.2 Å². The van der Waals surface area contributed by atoms with E-state index in [1.807, 2.05) is 0 Å².